The Kier molecular flexibility index (Phi) is 5.36. The number of hydrogen-bond acceptors (Lipinski definition) is 7. The number of non-ortho nitro benzene ring substituents is 1. The summed E-state index contributed by atoms with van der Waals surface area (Å²) >= 11 is 0. The first-order chi connectivity index (χ1) is 13.0. The van der Waals surface area contributed by atoms with Gasteiger partial charge in [-0.25, -0.2) is 4.79 Å². The van der Waals surface area contributed by atoms with Crippen LogP contribution in [0.2, 0.25) is 0 Å². The summed E-state index contributed by atoms with van der Waals surface area (Å²) in [5.74, 6) is -0.228. The van der Waals surface area contributed by atoms with Crippen LogP contribution in [0.15, 0.2) is 65.1 Å². The first kappa shape index (κ1) is 18.0. The number of aromatic nitrogens is 2. The van der Waals surface area contributed by atoms with Gasteiger partial charge in [-0.2, -0.15) is 0 Å². The van der Waals surface area contributed by atoms with Gasteiger partial charge in [0.25, 0.3) is 11.6 Å². The molecule has 0 spiro atoms. The first-order valence-corrected chi connectivity index (χ1v) is 8.05. The molecule has 0 unspecified atom stereocenters. The topological polar surface area (TPSA) is 108 Å². The summed E-state index contributed by atoms with van der Waals surface area (Å²) in [5.41, 5.74) is 1.37. The van der Waals surface area contributed by atoms with Gasteiger partial charge in [0.1, 0.15) is 0 Å². The van der Waals surface area contributed by atoms with E-state index < -0.39 is 17.0 Å². The molecule has 0 N–H and O–H groups in total. The lowest BCUT2D eigenvalue weighted by Gasteiger charge is -2.06. The number of esters is 1. The molecule has 1 atom stereocenters. The monoisotopic (exact) mass is 365 g/mol. The van der Waals surface area contributed by atoms with Crippen molar-refractivity contribution in [2.45, 2.75) is 13.0 Å². The zero-order valence-electron chi connectivity index (χ0n) is 14.3. The van der Waals surface area contributed by atoms with Gasteiger partial charge in [0.2, 0.25) is 5.89 Å². The highest BCUT2D eigenvalue weighted by Crippen LogP contribution is 2.24. The molecule has 3 aromatic rings. The van der Waals surface area contributed by atoms with E-state index in [1.165, 1.54) is 30.3 Å². The van der Waals surface area contributed by atoms with Crippen LogP contribution < -0.4 is 0 Å². The van der Waals surface area contributed by atoms with Crippen molar-refractivity contribution < 1.29 is 18.9 Å². The SMILES string of the molecule is C[C@H](OC(=O)/C=C/c1ccccc1)c1nnc(-c2ccc([N+](=O)[O-])cc2)o1. The summed E-state index contributed by atoms with van der Waals surface area (Å²) in [7, 11) is 0. The molecule has 3 rings (SSSR count). The molecule has 0 aliphatic rings. The minimum absolute atomic E-state index is 0.0361. The summed E-state index contributed by atoms with van der Waals surface area (Å²) in [4.78, 5) is 22.1. The van der Waals surface area contributed by atoms with E-state index in [9.17, 15) is 14.9 Å². The molecule has 8 nitrogen and oxygen atoms in total. The fourth-order valence-corrected chi connectivity index (χ4v) is 2.23. The number of benzene rings is 2. The van der Waals surface area contributed by atoms with E-state index in [1.807, 2.05) is 30.3 Å². The third-order valence-corrected chi connectivity index (χ3v) is 3.62. The molecule has 1 heterocycles. The van der Waals surface area contributed by atoms with E-state index in [4.69, 9.17) is 9.15 Å². The smallest absolute Gasteiger partial charge is 0.331 e. The Hall–Kier alpha value is -3.81. The third-order valence-electron chi connectivity index (χ3n) is 3.62. The van der Waals surface area contributed by atoms with Crippen molar-refractivity contribution in [2.75, 3.05) is 0 Å². The molecule has 1 aromatic heterocycles. The Bertz CT molecular complexity index is 965. The van der Waals surface area contributed by atoms with Gasteiger partial charge in [-0.3, -0.25) is 10.1 Å². The van der Waals surface area contributed by atoms with Gasteiger partial charge in [-0.15, -0.1) is 10.2 Å². The van der Waals surface area contributed by atoms with Crippen LogP contribution in [0.5, 0.6) is 0 Å². The molecule has 0 saturated heterocycles. The van der Waals surface area contributed by atoms with Gasteiger partial charge in [-0.05, 0) is 30.7 Å². The molecule has 136 valence electrons. The molecule has 0 fully saturated rings. The average molecular weight is 365 g/mol. The van der Waals surface area contributed by atoms with Crippen LogP contribution in [0.1, 0.15) is 24.5 Å². The number of rotatable bonds is 6. The van der Waals surface area contributed by atoms with Crippen LogP contribution in [0.4, 0.5) is 5.69 Å². The number of nitro benzene ring substituents is 1. The van der Waals surface area contributed by atoms with E-state index in [1.54, 1.807) is 13.0 Å². The van der Waals surface area contributed by atoms with Crippen LogP contribution in [-0.4, -0.2) is 21.1 Å². The molecule has 27 heavy (non-hydrogen) atoms. The van der Waals surface area contributed by atoms with E-state index in [2.05, 4.69) is 10.2 Å². The van der Waals surface area contributed by atoms with Gasteiger partial charge in [0.05, 0.1) is 4.92 Å². The molecule has 8 heteroatoms. The quantitative estimate of drug-likeness (QED) is 0.281. The van der Waals surface area contributed by atoms with E-state index in [0.717, 1.165) is 5.56 Å². The van der Waals surface area contributed by atoms with Crippen molar-refractivity contribution in [3.05, 3.63) is 82.2 Å². The number of carbonyl (C=O) groups is 1. The van der Waals surface area contributed by atoms with Gasteiger partial charge in [0.15, 0.2) is 6.10 Å². The number of nitrogens with zero attached hydrogens (tertiary/aromatic N) is 3. The third kappa shape index (κ3) is 4.63. The number of ether oxygens (including phenoxy) is 1. The van der Waals surface area contributed by atoms with Gasteiger partial charge < -0.3 is 9.15 Å². The lowest BCUT2D eigenvalue weighted by atomic mass is 10.2. The van der Waals surface area contributed by atoms with E-state index in [0.29, 0.717) is 5.56 Å². The number of nitro groups is 1. The van der Waals surface area contributed by atoms with E-state index in [-0.39, 0.29) is 17.5 Å². The molecule has 0 bridgehead atoms. The highest BCUT2D eigenvalue weighted by atomic mass is 16.6. The Labute approximate surface area is 154 Å². The lowest BCUT2D eigenvalue weighted by molar-refractivity contribution is -0.384. The molecule has 0 radical (unpaired) electrons. The Morgan fingerprint density at radius 2 is 1.85 bits per heavy atom. The van der Waals surface area contributed by atoms with Crippen molar-refractivity contribution in [1.82, 2.24) is 10.2 Å². The second-order valence-corrected chi connectivity index (χ2v) is 5.57. The Morgan fingerprint density at radius 3 is 2.52 bits per heavy atom. The summed E-state index contributed by atoms with van der Waals surface area (Å²) in [6, 6.07) is 15.0. The van der Waals surface area contributed by atoms with Crippen LogP contribution in [-0.2, 0) is 9.53 Å². The second-order valence-electron chi connectivity index (χ2n) is 5.57. The van der Waals surface area contributed by atoms with Crippen LogP contribution in [0, 0.1) is 10.1 Å². The maximum Gasteiger partial charge on any atom is 0.331 e. The van der Waals surface area contributed by atoms with Crippen LogP contribution in [0.3, 0.4) is 0 Å². The van der Waals surface area contributed by atoms with Crippen molar-refractivity contribution in [2.24, 2.45) is 0 Å². The van der Waals surface area contributed by atoms with Crippen molar-refractivity contribution >= 4 is 17.7 Å². The second kappa shape index (κ2) is 8.05. The highest BCUT2D eigenvalue weighted by Gasteiger charge is 2.18. The summed E-state index contributed by atoms with van der Waals surface area (Å²) in [5, 5.41) is 18.4. The van der Waals surface area contributed by atoms with E-state index >= 15 is 0 Å². The number of hydrogen-bond donors (Lipinski definition) is 0. The minimum atomic E-state index is -0.739. The maximum atomic E-state index is 11.9. The fourth-order valence-electron chi connectivity index (χ4n) is 2.23. The zero-order chi connectivity index (χ0) is 19.2. The highest BCUT2D eigenvalue weighted by molar-refractivity contribution is 5.87. The molecular weight excluding hydrogens is 350 g/mol. The Balaban J connectivity index is 1.64. The minimum Gasteiger partial charge on any atom is -0.449 e. The van der Waals surface area contributed by atoms with Crippen LogP contribution in [0.25, 0.3) is 17.5 Å². The molecular formula is C19H15N3O5. The van der Waals surface area contributed by atoms with Crippen molar-refractivity contribution in [3.63, 3.8) is 0 Å². The molecule has 0 amide bonds. The lowest BCUT2D eigenvalue weighted by Crippen LogP contribution is -2.06. The summed E-state index contributed by atoms with van der Waals surface area (Å²) < 4.78 is 10.7. The van der Waals surface area contributed by atoms with Crippen molar-refractivity contribution in [1.29, 1.82) is 0 Å². The standard InChI is InChI=1S/C19H15N3O5/c1-13(26-17(23)12-7-14-5-3-2-4-6-14)18-20-21-19(27-18)15-8-10-16(11-9-15)22(24)25/h2-13H,1H3/b12-7+/t13-/m0/s1. The average Bonchev–Trinajstić information content (AvgIpc) is 3.18. The zero-order valence-corrected chi connectivity index (χ0v) is 14.3. The van der Waals surface area contributed by atoms with Gasteiger partial charge in [-0.1, -0.05) is 30.3 Å². The normalized spacial score (nSPS) is 12.0. The number of carbonyl (C=O) groups excluding carboxylic acids is 1. The Morgan fingerprint density at radius 1 is 1.15 bits per heavy atom. The van der Waals surface area contributed by atoms with Crippen molar-refractivity contribution in [3.8, 4) is 11.5 Å². The molecule has 2 aromatic carbocycles. The summed E-state index contributed by atoms with van der Waals surface area (Å²) in [6.07, 6.45) is 2.22. The van der Waals surface area contributed by atoms with Gasteiger partial charge >= 0.3 is 5.97 Å². The molecule has 0 aliphatic heterocycles. The molecule has 0 saturated carbocycles. The maximum absolute atomic E-state index is 11.9. The predicted octanol–water partition coefficient (Wildman–Crippen LogP) is 3.96. The fraction of sp³-hybridized carbons (Fsp3) is 0.105. The first-order valence-electron chi connectivity index (χ1n) is 8.05. The van der Waals surface area contributed by atoms with Gasteiger partial charge in [0, 0.05) is 23.8 Å². The largest absolute Gasteiger partial charge is 0.449 e. The summed E-state index contributed by atoms with van der Waals surface area (Å²) in [6.45, 7) is 1.61. The van der Waals surface area contributed by atoms with Crippen LogP contribution >= 0.6 is 0 Å². The predicted molar refractivity (Wildman–Crippen MR) is 96.4 cm³/mol. The molecule has 0 aliphatic carbocycles.